The van der Waals surface area contributed by atoms with Gasteiger partial charge in [0.25, 0.3) is 0 Å². The van der Waals surface area contributed by atoms with E-state index in [0.717, 1.165) is 12.5 Å². The lowest BCUT2D eigenvalue weighted by Crippen LogP contribution is -2.07. The van der Waals surface area contributed by atoms with E-state index in [1.807, 2.05) is 0 Å². The van der Waals surface area contributed by atoms with Gasteiger partial charge >= 0.3 is 6.00 Å². The van der Waals surface area contributed by atoms with Gasteiger partial charge in [-0.15, -0.1) is 33.2 Å². The van der Waals surface area contributed by atoms with Gasteiger partial charge in [0.15, 0.2) is 0 Å². The van der Waals surface area contributed by atoms with Gasteiger partial charge in [-0.25, -0.2) is 0 Å². The van der Waals surface area contributed by atoms with Crippen molar-refractivity contribution in [3.63, 3.8) is 0 Å². The second kappa shape index (κ2) is 7.93. The molecule has 0 radical (unpaired) electrons. The zero-order valence-electron chi connectivity index (χ0n) is 6.17. The minimum atomic E-state index is -2.29. The fourth-order valence-electron chi connectivity index (χ4n) is 0.752. The molecule has 0 bridgehead atoms. The highest BCUT2D eigenvalue weighted by atomic mass is 35.8. The van der Waals surface area contributed by atoms with Gasteiger partial charge in [-0.1, -0.05) is 32.6 Å². The summed E-state index contributed by atoms with van der Waals surface area (Å²) in [6.45, 7) is 2.17. The molecule has 0 aliphatic heterocycles. The van der Waals surface area contributed by atoms with Gasteiger partial charge < -0.3 is 0 Å². The monoisotopic (exact) mass is 250 g/mol. The van der Waals surface area contributed by atoms with Crippen LogP contribution < -0.4 is 0 Å². The van der Waals surface area contributed by atoms with Crippen molar-refractivity contribution in [2.24, 2.45) is 0 Å². The van der Waals surface area contributed by atoms with Crippen molar-refractivity contribution in [3.8, 4) is 0 Å². The first kappa shape index (κ1) is 14.8. The molecular formula is C6H17Cl3Si2. The minimum Gasteiger partial charge on any atom is -0.126 e. The van der Waals surface area contributed by atoms with Crippen LogP contribution in [-0.2, 0) is 0 Å². The van der Waals surface area contributed by atoms with Gasteiger partial charge in [-0.05, 0) is 17.0 Å². The molecule has 11 heavy (non-hydrogen) atoms. The van der Waals surface area contributed by atoms with E-state index in [1.54, 1.807) is 0 Å². The lowest BCUT2D eigenvalue weighted by atomic mass is 10.2. The molecule has 0 aliphatic rings. The van der Waals surface area contributed by atoms with Gasteiger partial charge in [0.05, 0.1) is 0 Å². The smallest absolute Gasteiger partial charge is 0.126 e. The van der Waals surface area contributed by atoms with Gasteiger partial charge in [-0.3, -0.25) is 0 Å². The Labute approximate surface area is 88.7 Å². The molecule has 0 aromatic heterocycles. The van der Waals surface area contributed by atoms with Gasteiger partial charge in [0.1, 0.15) is 0 Å². The van der Waals surface area contributed by atoms with Crippen LogP contribution in [0.25, 0.3) is 0 Å². The molecule has 0 amide bonds. The van der Waals surface area contributed by atoms with Crippen LogP contribution in [0.2, 0.25) is 6.04 Å². The maximum Gasteiger partial charge on any atom is 0.341 e. The molecule has 0 saturated heterocycles. The highest BCUT2D eigenvalue weighted by Gasteiger charge is 2.23. The number of rotatable bonds is 5. The standard InChI is InChI=1S/C6H13Cl3Si.H4Si/c1-2-3-4-5-6-10(7,8)9;/h2-6H2,1H3;1H4. The molecule has 0 unspecified atom stereocenters. The highest BCUT2D eigenvalue weighted by molar-refractivity contribution is 7.64. The lowest BCUT2D eigenvalue weighted by Gasteiger charge is -2.05. The van der Waals surface area contributed by atoms with Crippen molar-refractivity contribution in [2.75, 3.05) is 0 Å². The van der Waals surface area contributed by atoms with E-state index in [4.69, 9.17) is 33.2 Å². The first-order valence-corrected chi connectivity index (χ1v) is 8.87. The topological polar surface area (TPSA) is 0 Å². The van der Waals surface area contributed by atoms with Crippen LogP contribution in [0.15, 0.2) is 0 Å². The second-order valence-corrected chi connectivity index (χ2v) is 11.7. The summed E-state index contributed by atoms with van der Waals surface area (Å²) in [4.78, 5) is 0. The Morgan fingerprint density at radius 1 is 1.00 bits per heavy atom. The zero-order chi connectivity index (χ0) is 8.04. The average Bonchev–Trinajstić information content (AvgIpc) is 1.78. The molecule has 5 heteroatoms. The van der Waals surface area contributed by atoms with Crippen molar-refractivity contribution in [1.82, 2.24) is 0 Å². The second-order valence-electron chi connectivity index (χ2n) is 2.43. The molecule has 0 N–H and O–H groups in total. The molecule has 0 atom stereocenters. The quantitative estimate of drug-likeness (QED) is 0.400. The summed E-state index contributed by atoms with van der Waals surface area (Å²) in [5.74, 6) is 0. The van der Waals surface area contributed by atoms with Gasteiger partial charge in [-0.2, -0.15) is 0 Å². The molecule has 0 saturated carbocycles. The van der Waals surface area contributed by atoms with E-state index in [-0.39, 0.29) is 11.0 Å². The van der Waals surface area contributed by atoms with Crippen LogP contribution in [0.3, 0.4) is 0 Å². The maximum absolute atomic E-state index is 5.68. The summed E-state index contributed by atoms with van der Waals surface area (Å²) in [5.41, 5.74) is 0. The molecule has 0 nitrogen and oxygen atoms in total. The van der Waals surface area contributed by atoms with E-state index in [9.17, 15) is 0 Å². The molecule has 0 fully saturated rings. The number of halogens is 3. The first-order valence-electron chi connectivity index (χ1n) is 3.63. The molecule has 0 rings (SSSR count). The molecule has 0 spiro atoms. The Bertz CT molecular complexity index is 82.4. The van der Waals surface area contributed by atoms with Crippen LogP contribution in [0, 0.1) is 0 Å². The third-order valence-electron chi connectivity index (χ3n) is 1.31. The number of hydrogen-bond donors (Lipinski definition) is 0. The predicted octanol–water partition coefficient (Wildman–Crippen LogP) is 2.77. The summed E-state index contributed by atoms with van der Waals surface area (Å²) in [7, 11) is 0. The van der Waals surface area contributed by atoms with E-state index in [2.05, 4.69) is 6.92 Å². The van der Waals surface area contributed by atoms with Crippen LogP contribution in [0.5, 0.6) is 0 Å². The van der Waals surface area contributed by atoms with E-state index < -0.39 is 6.00 Å². The van der Waals surface area contributed by atoms with Crippen LogP contribution >= 0.6 is 33.2 Å². The lowest BCUT2D eigenvalue weighted by molar-refractivity contribution is 0.700. The highest BCUT2D eigenvalue weighted by Crippen LogP contribution is 2.27. The molecular weight excluding hydrogens is 235 g/mol. The summed E-state index contributed by atoms with van der Waals surface area (Å²) in [6.07, 6.45) is 4.78. The Morgan fingerprint density at radius 3 is 1.91 bits per heavy atom. The Kier molecular flexibility index (Phi) is 10.7. The fraction of sp³-hybridized carbons (Fsp3) is 1.00. The van der Waals surface area contributed by atoms with Crippen molar-refractivity contribution < 1.29 is 0 Å². The predicted molar refractivity (Wildman–Crippen MR) is 63.6 cm³/mol. The molecule has 0 aromatic rings. The van der Waals surface area contributed by atoms with Crippen molar-refractivity contribution >= 4 is 50.2 Å². The summed E-state index contributed by atoms with van der Waals surface area (Å²) < 4.78 is 0. The largest absolute Gasteiger partial charge is 0.341 e. The molecule has 0 aromatic carbocycles. The normalized spacial score (nSPS) is 10.9. The van der Waals surface area contributed by atoms with Gasteiger partial charge in [0, 0.05) is 0 Å². The Balaban J connectivity index is 0. The van der Waals surface area contributed by atoms with Crippen molar-refractivity contribution in [2.45, 2.75) is 38.7 Å². The third-order valence-corrected chi connectivity index (χ3v) is 3.94. The van der Waals surface area contributed by atoms with Crippen LogP contribution in [0.4, 0.5) is 0 Å². The fourth-order valence-corrected chi connectivity index (χ4v) is 2.61. The minimum absolute atomic E-state index is 0. The Hall–Kier alpha value is 1.30. The number of hydrogen-bond acceptors (Lipinski definition) is 0. The van der Waals surface area contributed by atoms with Crippen molar-refractivity contribution in [1.29, 1.82) is 0 Å². The average molecular weight is 252 g/mol. The van der Waals surface area contributed by atoms with Crippen molar-refractivity contribution in [3.05, 3.63) is 0 Å². The molecule has 0 aliphatic carbocycles. The molecule has 0 heterocycles. The molecule has 70 valence electrons. The van der Waals surface area contributed by atoms with E-state index >= 15 is 0 Å². The first-order chi connectivity index (χ1) is 4.56. The van der Waals surface area contributed by atoms with Gasteiger partial charge in [0.2, 0.25) is 0 Å². The van der Waals surface area contributed by atoms with Crippen LogP contribution in [0.1, 0.15) is 32.6 Å². The summed E-state index contributed by atoms with van der Waals surface area (Å²) in [6, 6.07) is -1.47. The summed E-state index contributed by atoms with van der Waals surface area (Å²) >= 11 is 17.0. The SMILES string of the molecule is CCCCCC[Si](Cl)(Cl)Cl.[SiH4]. The maximum atomic E-state index is 5.68. The number of unbranched alkanes of at least 4 members (excludes halogenated alkanes) is 3. The zero-order valence-corrected chi connectivity index (χ0v) is 9.44. The third kappa shape index (κ3) is 14.2. The summed E-state index contributed by atoms with van der Waals surface area (Å²) in [5, 5.41) is 0. The van der Waals surface area contributed by atoms with E-state index in [0.29, 0.717) is 0 Å². The Morgan fingerprint density at radius 2 is 1.55 bits per heavy atom. The van der Waals surface area contributed by atoms with E-state index in [1.165, 1.54) is 19.3 Å². The van der Waals surface area contributed by atoms with Crippen LogP contribution in [-0.4, -0.2) is 17.0 Å².